The van der Waals surface area contributed by atoms with Crippen LogP contribution in [0.4, 0.5) is 0 Å². The summed E-state index contributed by atoms with van der Waals surface area (Å²) >= 11 is 0. The second-order valence-electron chi connectivity index (χ2n) is 4.42. The van der Waals surface area contributed by atoms with Crippen LogP contribution in [0.3, 0.4) is 0 Å². The standard InChI is InChI=1S/C12H26O2Si/c1-3-13-12(14-4-2)15-10-11-8-6-5-7-9-11/h11-12H,3-10,15H2,1-2H3. The van der Waals surface area contributed by atoms with Crippen LogP contribution in [-0.4, -0.2) is 28.6 Å². The maximum Gasteiger partial charge on any atom is 0.134 e. The summed E-state index contributed by atoms with van der Waals surface area (Å²) in [6, 6.07) is 1.42. The highest BCUT2D eigenvalue weighted by Gasteiger charge is 2.16. The van der Waals surface area contributed by atoms with Crippen molar-refractivity contribution in [2.45, 2.75) is 57.9 Å². The fraction of sp³-hybridized carbons (Fsp3) is 1.00. The molecule has 0 heterocycles. The molecular formula is C12H26O2Si. The Morgan fingerprint density at radius 2 is 1.67 bits per heavy atom. The lowest BCUT2D eigenvalue weighted by molar-refractivity contribution is -0.0830. The van der Waals surface area contributed by atoms with Crippen LogP contribution < -0.4 is 0 Å². The maximum absolute atomic E-state index is 5.61. The zero-order valence-corrected chi connectivity index (χ0v) is 11.7. The molecule has 90 valence electrons. The molecule has 0 aromatic rings. The van der Waals surface area contributed by atoms with Gasteiger partial charge in [-0.1, -0.05) is 38.1 Å². The van der Waals surface area contributed by atoms with Crippen molar-refractivity contribution in [3.05, 3.63) is 0 Å². The van der Waals surface area contributed by atoms with Gasteiger partial charge >= 0.3 is 0 Å². The third-order valence-corrected chi connectivity index (χ3v) is 5.33. The van der Waals surface area contributed by atoms with Gasteiger partial charge in [-0.25, -0.2) is 0 Å². The van der Waals surface area contributed by atoms with Crippen molar-refractivity contribution < 1.29 is 9.47 Å². The van der Waals surface area contributed by atoms with Crippen molar-refractivity contribution in [3.63, 3.8) is 0 Å². The molecular weight excluding hydrogens is 204 g/mol. The van der Waals surface area contributed by atoms with Crippen molar-refractivity contribution >= 4 is 9.52 Å². The average Bonchev–Trinajstić information content (AvgIpc) is 2.28. The topological polar surface area (TPSA) is 18.5 Å². The Morgan fingerprint density at radius 3 is 2.20 bits per heavy atom. The molecule has 0 saturated heterocycles. The Hall–Kier alpha value is 0.137. The Morgan fingerprint density at radius 1 is 1.07 bits per heavy atom. The molecule has 0 aliphatic heterocycles. The molecule has 0 unspecified atom stereocenters. The molecule has 1 saturated carbocycles. The highest BCUT2D eigenvalue weighted by Crippen LogP contribution is 2.26. The SMILES string of the molecule is CCOC(OCC)[SiH2]CC1CCCCC1. The summed E-state index contributed by atoms with van der Waals surface area (Å²) in [6.07, 6.45) is 7.27. The van der Waals surface area contributed by atoms with Crippen molar-refractivity contribution in [3.8, 4) is 0 Å². The first-order chi connectivity index (χ1) is 7.36. The number of hydrogen-bond acceptors (Lipinski definition) is 2. The van der Waals surface area contributed by atoms with Gasteiger partial charge in [0.2, 0.25) is 0 Å². The van der Waals surface area contributed by atoms with Gasteiger partial charge in [0, 0.05) is 13.2 Å². The van der Waals surface area contributed by atoms with Crippen molar-refractivity contribution in [2.75, 3.05) is 13.2 Å². The number of rotatable bonds is 7. The molecule has 0 N–H and O–H groups in total. The van der Waals surface area contributed by atoms with E-state index in [1.807, 2.05) is 0 Å². The Bertz CT molecular complexity index is 141. The average molecular weight is 230 g/mol. The van der Waals surface area contributed by atoms with E-state index in [4.69, 9.17) is 9.47 Å². The third-order valence-electron chi connectivity index (χ3n) is 3.24. The van der Waals surface area contributed by atoms with Crippen LogP contribution in [-0.2, 0) is 9.47 Å². The van der Waals surface area contributed by atoms with Gasteiger partial charge in [-0.15, -0.1) is 0 Å². The number of ether oxygens (including phenoxy) is 2. The van der Waals surface area contributed by atoms with Crippen LogP contribution in [0.2, 0.25) is 6.04 Å². The van der Waals surface area contributed by atoms with E-state index in [1.54, 1.807) is 0 Å². The van der Waals surface area contributed by atoms with Crippen molar-refractivity contribution in [2.24, 2.45) is 5.92 Å². The molecule has 0 aromatic heterocycles. The van der Waals surface area contributed by atoms with Crippen LogP contribution in [0.1, 0.15) is 46.0 Å². The lowest BCUT2D eigenvalue weighted by Crippen LogP contribution is -2.26. The van der Waals surface area contributed by atoms with Crippen molar-refractivity contribution in [1.29, 1.82) is 0 Å². The fourth-order valence-electron chi connectivity index (χ4n) is 2.43. The third kappa shape index (κ3) is 5.69. The van der Waals surface area contributed by atoms with Crippen LogP contribution >= 0.6 is 0 Å². The molecule has 1 aliphatic rings. The first kappa shape index (κ1) is 13.2. The van der Waals surface area contributed by atoms with Gasteiger partial charge in [-0.05, 0) is 19.8 Å². The minimum absolute atomic E-state index is 0.182. The molecule has 0 amide bonds. The van der Waals surface area contributed by atoms with Crippen LogP contribution in [0, 0.1) is 5.92 Å². The van der Waals surface area contributed by atoms with E-state index >= 15 is 0 Å². The molecule has 1 aliphatic carbocycles. The monoisotopic (exact) mass is 230 g/mol. The van der Waals surface area contributed by atoms with Crippen LogP contribution in [0.15, 0.2) is 0 Å². The normalized spacial score (nSPS) is 19.4. The lowest BCUT2D eigenvalue weighted by atomic mass is 9.91. The Labute approximate surface area is 96.5 Å². The van der Waals surface area contributed by atoms with Gasteiger partial charge in [-0.2, -0.15) is 0 Å². The van der Waals surface area contributed by atoms with Crippen molar-refractivity contribution in [1.82, 2.24) is 0 Å². The van der Waals surface area contributed by atoms with E-state index in [0.29, 0.717) is 0 Å². The van der Waals surface area contributed by atoms with E-state index in [-0.39, 0.29) is 15.4 Å². The second-order valence-corrected chi connectivity index (χ2v) is 6.24. The first-order valence-electron chi connectivity index (χ1n) is 6.60. The van der Waals surface area contributed by atoms with E-state index in [9.17, 15) is 0 Å². The summed E-state index contributed by atoms with van der Waals surface area (Å²) in [5.41, 5.74) is 0. The summed E-state index contributed by atoms with van der Waals surface area (Å²) in [5.74, 6) is 1.18. The summed E-state index contributed by atoms with van der Waals surface area (Å²) in [7, 11) is -0.186. The van der Waals surface area contributed by atoms with E-state index in [2.05, 4.69) is 13.8 Å². The minimum Gasteiger partial charge on any atom is -0.357 e. The van der Waals surface area contributed by atoms with E-state index < -0.39 is 0 Å². The van der Waals surface area contributed by atoms with Gasteiger partial charge in [-0.3, -0.25) is 0 Å². The molecule has 1 rings (SSSR count). The minimum atomic E-state index is -0.186. The predicted octanol–water partition coefficient (Wildman–Crippen LogP) is 2.51. The summed E-state index contributed by atoms with van der Waals surface area (Å²) in [6.45, 7) is 5.70. The summed E-state index contributed by atoms with van der Waals surface area (Å²) < 4.78 is 11.2. The maximum atomic E-state index is 5.61. The number of hydrogen-bond donors (Lipinski definition) is 0. The fourth-order valence-corrected chi connectivity index (χ4v) is 4.56. The zero-order valence-electron chi connectivity index (χ0n) is 10.3. The Kier molecular flexibility index (Phi) is 7.31. The molecule has 0 spiro atoms. The molecule has 0 radical (unpaired) electrons. The summed E-state index contributed by atoms with van der Waals surface area (Å²) in [4.78, 5) is 0. The molecule has 15 heavy (non-hydrogen) atoms. The van der Waals surface area contributed by atoms with Gasteiger partial charge in [0.05, 0.1) is 9.52 Å². The predicted molar refractivity (Wildman–Crippen MR) is 67.0 cm³/mol. The summed E-state index contributed by atoms with van der Waals surface area (Å²) in [5, 5.41) is 0. The Balaban J connectivity index is 2.13. The smallest absolute Gasteiger partial charge is 0.134 e. The molecule has 0 aromatic carbocycles. The highest BCUT2D eigenvalue weighted by atomic mass is 28.2. The first-order valence-corrected chi connectivity index (χ1v) is 8.41. The van der Waals surface area contributed by atoms with Crippen LogP contribution in [0.25, 0.3) is 0 Å². The molecule has 2 nitrogen and oxygen atoms in total. The molecule has 1 fully saturated rings. The molecule has 0 atom stereocenters. The van der Waals surface area contributed by atoms with Gasteiger partial charge in [0.1, 0.15) is 5.91 Å². The largest absolute Gasteiger partial charge is 0.357 e. The molecule has 0 bridgehead atoms. The van der Waals surface area contributed by atoms with Gasteiger partial charge in [0.15, 0.2) is 0 Å². The van der Waals surface area contributed by atoms with Crippen LogP contribution in [0.5, 0.6) is 0 Å². The second kappa shape index (κ2) is 8.31. The van der Waals surface area contributed by atoms with E-state index in [1.165, 1.54) is 38.1 Å². The van der Waals surface area contributed by atoms with Gasteiger partial charge < -0.3 is 9.47 Å². The quantitative estimate of drug-likeness (QED) is 0.494. The highest BCUT2D eigenvalue weighted by molar-refractivity contribution is 6.36. The molecule has 3 heteroatoms. The van der Waals surface area contributed by atoms with E-state index in [0.717, 1.165) is 19.1 Å². The lowest BCUT2D eigenvalue weighted by Gasteiger charge is -2.23. The van der Waals surface area contributed by atoms with Gasteiger partial charge in [0.25, 0.3) is 0 Å². The zero-order chi connectivity index (χ0) is 10.9.